The van der Waals surface area contributed by atoms with Crippen LogP contribution < -0.4 is 10.2 Å². The molecule has 0 saturated carbocycles. The maximum atomic E-state index is 4.75. The first-order chi connectivity index (χ1) is 8.24. The van der Waals surface area contributed by atoms with E-state index in [0.29, 0.717) is 0 Å². The molecule has 1 fully saturated rings. The molecule has 0 unspecified atom stereocenters. The first-order valence-corrected chi connectivity index (χ1v) is 7.37. The van der Waals surface area contributed by atoms with E-state index >= 15 is 0 Å². The zero-order chi connectivity index (χ0) is 11.8. The molecule has 0 spiro atoms. The average Bonchev–Trinajstić information content (AvgIpc) is 2.74. The summed E-state index contributed by atoms with van der Waals surface area (Å²) in [7, 11) is 0. The molecule has 90 valence electrons. The van der Waals surface area contributed by atoms with Crippen LogP contribution in [0.15, 0.2) is 16.6 Å². The van der Waals surface area contributed by atoms with Crippen LogP contribution >= 0.6 is 27.3 Å². The summed E-state index contributed by atoms with van der Waals surface area (Å²) in [4.78, 5) is 7.11. The zero-order valence-corrected chi connectivity index (χ0v) is 12.1. The van der Waals surface area contributed by atoms with Gasteiger partial charge >= 0.3 is 0 Å². The fourth-order valence-corrected chi connectivity index (χ4v) is 4.03. The summed E-state index contributed by atoms with van der Waals surface area (Å²) in [6.45, 7) is 6.33. The summed E-state index contributed by atoms with van der Waals surface area (Å²) in [6, 6.07) is 4.34. The van der Waals surface area contributed by atoms with Crippen LogP contribution in [-0.4, -0.2) is 31.2 Å². The number of hydrogen-bond acceptors (Lipinski definition) is 4. The van der Waals surface area contributed by atoms with Gasteiger partial charge in [-0.2, -0.15) is 0 Å². The number of aromatic nitrogens is 1. The monoisotopic (exact) mass is 311 g/mol. The molecule has 1 aromatic carbocycles. The van der Waals surface area contributed by atoms with Gasteiger partial charge in [-0.1, -0.05) is 11.3 Å². The summed E-state index contributed by atoms with van der Waals surface area (Å²) >= 11 is 5.39. The van der Waals surface area contributed by atoms with E-state index in [4.69, 9.17) is 4.98 Å². The SMILES string of the molecule is Cc1cc(Br)c2nc(N3CCNCC3)sc2c1. The Morgan fingerprint density at radius 3 is 2.88 bits per heavy atom. The third-order valence-electron chi connectivity index (χ3n) is 2.97. The maximum absolute atomic E-state index is 4.75. The molecule has 1 aromatic heterocycles. The number of nitrogens with zero attached hydrogens (tertiary/aromatic N) is 2. The lowest BCUT2D eigenvalue weighted by molar-refractivity contribution is 0.588. The molecule has 0 atom stereocenters. The third-order valence-corrected chi connectivity index (χ3v) is 4.64. The molecule has 1 aliphatic heterocycles. The second kappa shape index (κ2) is 4.55. The number of rotatable bonds is 1. The van der Waals surface area contributed by atoms with Crippen LogP contribution in [-0.2, 0) is 0 Å². The Hall–Kier alpha value is -0.650. The Bertz CT molecular complexity index is 546. The Labute approximate surface area is 113 Å². The number of fused-ring (bicyclic) bond motifs is 1. The third kappa shape index (κ3) is 2.19. The van der Waals surface area contributed by atoms with Crippen LogP contribution in [0.3, 0.4) is 0 Å². The molecule has 5 heteroatoms. The van der Waals surface area contributed by atoms with E-state index in [1.807, 2.05) is 0 Å². The molecular formula is C12H14BrN3S. The number of halogens is 1. The van der Waals surface area contributed by atoms with Crippen molar-refractivity contribution in [2.75, 3.05) is 31.1 Å². The van der Waals surface area contributed by atoms with Gasteiger partial charge in [-0.05, 0) is 40.5 Å². The van der Waals surface area contributed by atoms with Crippen molar-refractivity contribution in [1.82, 2.24) is 10.3 Å². The van der Waals surface area contributed by atoms with E-state index in [2.05, 4.69) is 45.2 Å². The minimum absolute atomic E-state index is 1.05. The molecule has 3 nitrogen and oxygen atoms in total. The molecule has 3 rings (SSSR count). The predicted octanol–water partition coefficient (Wildman–Crippen LogP) is 2.78. The van der Waals surface area contributed by atoms with Crippen molar-refractivity contribution in [2.24, 2.45) is 0 Å². The van der Waals surface area contributed by atoms with Gasteiger partial charge in [0.15, 0.2) is 5.13 Å². The van der Waals surface area contributed by atoms with Gasteiger partial charge < -0.3 is 10.2 Å². The van der Waals surface area contributed by atoms with E-state index in [-0.39, 0.29) is 0 Å². The summed E-state index contributed by atoms with van der Waals surface area (Å²) in [6.07, 6.45) is 0. The van der Waals surface area contributed by atoms with Crippen molar-refractivity contribution in [1.29, 1.82) is 0 Å². The molecule has 17 heavy (non-hydrogen) atoms. The summed E-state index contributed by atoms with van der Waals surface area (Å²) in [5, 5.41) is 4.51. The largest absolute Gasteiger partial charge is 0.346 e. The minimum atomic E-state index is 1.05. The molecule has 0 aliphatic carbocycles. The lowest BCUT2D eigenvalue weighted by atomic mass is 10.2. The number of aryl methyl sites for hydroxylation is 1. The standard InChI is InChI=1S/C12H14BrN3S/c1-8-6-9(13)11-10(7-8)17-12(15-11)16-4-2-14-3-5-16/h6-7,14H,2-5H2,1H3. The number of thiazole rings is 1. The smallest absolute Gasteiger partial charge is 0.186 e. The number of hydrogen-bond donors (Lipinski definition) is 1. The van der Waals surface area contributed by atoms with E-state index in [1.165, 1.54) is 10.3 Å². The van der Waals surface area contributed by atoms with Crippen LogP contribution in [0.25, 0.3) is 10.2 Å². The van der Waals surface area contributed by atoms with Crippen molar-refractivity contribution in [3.05, 3.63) is 22.2 Å². The van der Waals surface area contributed by atoms with Gasteiger partial charge in [-0.3, -0.25) is 0 Å². The molecular weight excluding hydrogens is 298 g/mol. The van der Waals surface area contributed by atoms with E-state index < -0.39 is 0 Å². The Kier molecular flexibility index (Phi) is 3.06. The van der Waals surface area contributed by atoms with Crippen LogP contribution in [0.5, 0.6) is 0 Å². The van der Waals surface area contributed by atoms with Crippen molar-refractivity contribution < 1.29 is 0 Å². The quantitative estimate of drug-likeness (QED) is 0.878. The topological polar surface area (TPSA) is 28.2 Å². The van der Waals surface area contributed by atoms with Crippen LogP contribution in [0.4, 0.5) is 5.13 Å². The molecule has 0 radical (unpaired) electrons. The van der Waals surface area contributed by atoms with Gasteiger partial charge in [0.2, 0.25) is 0 Å². The average molecular weight is 312 g/mol. The second-order valence-electron chi connectivity index (χ2n) is 4.33. The molecule has 2 heterocycles. The van der Waals surface area contributed by atoms with Gasteiger partial charge in [0.05, 0.1) is 10.2 Å². The van der Waals surface area contributed by atoms with Crippen molar-refractivity contribution in [3.63, 3.8) is 0 Å². The van der Waals surface area contributed by atoms with Crippen molar-refractivity contribution >= 4 is 42.6 Å². The number of anilines is 1. The first kappa shape index (κ1) is 11.4. The highest BCUT2D eigenvalue weighted by Crippen LogP contribution is 2.34. The molecule has 1 aliphatic rings. The van der Waals surface area contributed by atoms with Gasteiger partial charge in [0.1, 0.15) is 0 Å². The highest BCUT2D eigenvalue weighted by molar-refractivity contribution is 9.10. The summed E-state index contributed by atoms with van der Waals surface area (Å²) < 4.78 is 2.37. The predicted molar refractivity (Wildman–Crippen MR) is 77.1 cm³/mol. The second-order valence-corrected chi connectivity index (χ2v) is 6.19. The molecule has 2 aromatic rings. The van der Waals surface area contributed by atoms with Crippen LogP contribution in [0.1, 0.15) is 5.56 Å². The minimum Gasteiger partial charge on any atom is -0.346 e. The van der Waals surface area contributed by atoms with Crippen LogP contribution in [0.2, 0.25) is 0 Å². The number of benzene rings is 1. The Balaban J connectivity index is 2.03. The zero-order valence-electron chi connectivity index (χ0n) is 9.66. The lowest BCUT2D eigenvalue weighted by Crippen LogP contribution is -2.43. The van der Waals surface area contributed by atoms with Crippen LogP contribution in [0, 0.1) is 6.92 Å². The van der Waals surface area contributed by atoms with E-state index in [9.17, 15) is 0 Å². The van der Waals surface area contributed by atoms with Crippen molar-refractivity contribution in [3.8, 4) is 0 Å². The molecule has 1 saturated heterocycles. The molecule has 1 N–H and O–H groups in total. The fraction of sp³-hybridized carbons (Fsp3) is 0.417. The van der Waals surface area contributed by atoms with Gasteiger partial charge in [-0.25, -0.2) is 4.98 Å². The fourth-order valence-electron chi connectivity index (χ4n) is 2.10. The Morgan fingerprint density at radius 1 is 1.35 bits per heavy atom. The Morgan fingerprint density at radius 2 is 2.12 bits per heavy atom. The maximum Gasteiger partial charge on any atom is 0.186 e. The van der Waals surface area contributed by atoms with E-state index in [1.54, 1.807) is 11.3 Å². The summed E-state index contributed by atoms with van der Waals surface area (Å²) in [5.74, 6) is 0. The lowest BCUT2D eigenvalue weighted by Gasteiger charge is -2.26. The van der Waals surface area contributed by atoms with Crippen molar-refractivity contribution in [2.45, 2.75) is 6.92 Å². The number of piperazine rings is 1. The first-order valence-electron chi connectivity index (χ1n) is 5.76. The highest BCUT2D eigenvalue weighted by Gasteiger charge is 2.15. The van der Waals surface area contributed by atoms with Gasteiger partial charge in [0.25, 0.3) is 0 Å². The summed E-state index contributed by atoms with van der Waals surface area (Å²) in [5.41, 5.74) is 2.37. The highest BCUT2D eigenvalue weighted by atomic mass is 79.9. The molecule has 0 bridgehead atoms. The van der Waals surface area contributed by atoms with Gasteiger partial charge in [-0.15, -0.1) is 0 Å². The normalized spacial score (nSPS) is 16.7. The van der Waals surface area contributed by atoms with E-state index in [0.717, 1.165) is 41.3 Å². The number of nitrogens with one attached hydrogen (secondary N) is 1. The van der Waals surface area contributed by atoms with Gasteiger partial charge in [0, 0.05) is 30.7 Å². The molecule has 0 amide bonds.